The number of aliphatic hydroxyl groups excluding tert-OH is 1. The minimum absolute atomic E-state index is 0.0314. The van der Waals surface area contributed by atoms with E-state index in [-0.39, 0.29) is 17.3 Å². The number of rotatable bonds is 6. The molecule has 1 amide bonds. The molecule has 0 bridgehead atoms. The van der Waals surface area contributed by atoms with E-state index in [9.17, 15) is 18.3 Å². The van der Waals surface area contributed by atoms with Crippen LogP contribution in [0.3, 0.4) is 0 Å². The first-order valence-electron chi connectivity index (χ1n) is 9.86. The molecule has 2 N–H and O–H groups in total. The number of benzene rings is 3. The lowest BCUT2D eigenvalue weighted by Gasteiger charge is -2.11. The molecule has 0 aliphatic carbocycles. The van der Waals surface area contributed by atoms with Gasteiger partial charge < -0.3 is 14.4 Å². The van der Waals surface area contributed by atoms with Crippen molar-refractivity contribution in [3.63, 3.8) is 0 Å². The van der Waals surface area contributed by atoms with Gasteiger partial charge in [0.25, 0.3) is 10.0 Å². The predicted octanol–water partition coefficient (Wildman–Crippen LogP) is 3.78. The third-order valence-corrected chi connectivity index (χ3v) is 6.48. The van der Waals surface area contributed by atoms with Crippen LogP contribution in [0.1, 0.15) is 16.1 Å². The van der Waals surface area contributed by atoms with Gasteiger partial charge in [-0.3, -0.25) is 4.79 Å². The van der Waals surface area contributed by atoms with Crippen LogP contribution in [0.15, 0.2) is 82.1 Å². The van der Waals surface area contributed by atoms with E-state index in [1.807, 2.05) is 31.1 Å². The van der Waals surface area contributed by atoms with Gasteiger partial charge in [0.05, 0.1) is 11.5 Å². The van der Waals surface area contributed by atoms with Gasteiger partial charge in [-0.1, -0.05) is 42.5 Å². The first-order valence-corrected chi connectivity index (χ1v) is 11.3. The number of amides is 1. The minimum atomic E-state index is -4.18. The zero-order valence-electron chi connectivity index (χ0n) is 17.6. The molecule has 0 aliphatic heterocycles. The second kappa shape index (κ2) is 8.49. The van der Waals surface area contributed by atoms with Crippen LogP contribution in [-0.2, 0) is 16.6 Å². The van der Waals surface area contributed by atoms with Crippen LogP contribution in [0, 0.1) is 0 Å². The number of carbonyl (C=O) groups is 1. The Morgan fingerprint density at radius 3 is 2.41 bits per heavy atom. The summed E-state index contributed by atoms with van der Waals surface area (Å²) in [5.41, 5.74) is 3.19. The van der Waals surface area contributed by atoms with Crippen molar-refractivity contribution in [2.24, 2.45) is 0 Å². The van der Waals surface area contributed by atoms with Crippen LogP contribution in [0.5, 0.6) is 0 Å². The lowest BCUT2D eigenvalue weighted by Crippen LogP contribution is -2.30. The number of fused-ring (bicyclic) bond motifs is 1. The van der Waals surface area contributed by atoms with E-state index in [1.54, 1.807) is 48.5 Å². The number of sulfonamides is 1. The van der Waals surface area contributed by atoms with E-state index >= 15 is 0 Å². The van der Waals surface area contributed by atoms with Crippen LogP contribution in [0.2, 0.25) is 0 Å². The minimum Gasteiger partial charge on any atom is -0.451 e. The maximum Gasteiger partial charge on any atom is 0.300 e. The van der Waals surface area contributed by atoms with Gasteiger partial charge in [0, 0.05) is 36.8 Å². The lowest BCUT2D eigenvalue weighted by atomic mass is 10.0. The second-order valence-electron chi connectivity index (χ2n) is 7.51. The fourth-order valence-corrected chi connectivity index (χ4v) is 4.55. The zero-order valence-corrected chi connectivity index (χ0v) is 18.4. The van der Waals surface area contributed by atoms with Crippen molar-refractivity contribution in [2.75, 3.05) is 19.0 Å². The van der Waals surface area contributed by atoms with Crippen molar-refractivity contribution >= 4 is 32.6 Å². The summed E-state index contributed by atoms with van der Waals surface area (Å²) in [5, 5.41) is 9.93. The normalized spacial score (nSPS) is 11.5. The average Bonchev–Trinajstić information content (AvgIpc) is 3.22. The topological polar surface area (TPSA) is 99.9 Å². The molecule has 0 radical (unpaired) electrons. The SMILES string of the molecule is CN(C)c1ccc2cc(C(=O)NS(=O)(=O)c3ccccc3-c3ccc(CO)cc3)oc2c1. The number of carbonyl (C=O) groups excluding carboxylic acids is 1. The number of nitrogens with one attached hydrogen (secondary N) is 1. The summed E-state index contributed by atoms with van der Waals surface area (Å²) < 4.78 is 33.9. The summed E-state index contributed by atoms with van der Waals surface area (Å²) in [6.45, 7) is -0.107. The highest BCUT2D eigenvalue weighted by Crippen LogP contribution is 2.28. The van der Waals surface area contributed by atoms with Crippen molar-refractivity contribution in [3.8, 4) is 11.1 Å². The Kier molecular flexibility index (Phi) is 5.73. The molecule has 1 aromatic heterocycles. The number of aliphatic hydroxyl groups is 1. The maximum absolute atomic E-state index is 13.1. The van der Waals surface area contributed by atoms with Crippen molar-refractivity contribution < 1.29 is 22.7 Å². The Morgan fingerprint density at radius 1 is 1.00 bits per heavy atom. The molecule has 0 saturated heterocycles. The van der Waals surface area contributed by atoms with Gasteiger partial charge in [0.2, 0.25) is 0 Å². The van der Waals surface area contributed by atoms with Crippen LogP contribution < -0.4 is 9.62 Å². The molecule has 0 atom stereocenters. The summed E-state index contributed by atoms with van der Waals surface area (Å²) >= 11 is 0. The predicted molar refractivity (Wildman–Crippen MR) is 123 cm³/mol. The van der Waals surface area contributed by atoms with Crippen LogP contribution in [0.4, 0.5) is 5.69 Å². The van der Waals surface area contributed by atoms with Crippen LogP contribution in [-0.4, -0.2) is 33.5 Å². The van der Waals surface area contributed by atoms with Crippen LogP contribution >= 0.6 is 0 Å². The largest absolute Gasteiger partial charge is 0.451 e. The smallest absolute Gasteiger partial charge is 0.300 e. The number of hydrogen-bond acceptors (Lipinski definition) is 6. The van der Waals surface area contributed by atoms with Crippen LogP contribution in [0.25, 0.3) is 22.1 Å². The van der Waals surface area contributed by atoms with E-state index in [0.717, 1.165) is 5.69 Å². The molecule has 0 unspecified atom stereocenters. The van der Waals surface area contributed by atoms with Gasteiger partial charge in [-0.05, 0) is 35.4 Å². The van der Waals surface area contributed by atoms with Crippen molar-refractivity contribution in [3.05, 3.63) is 84.1 Å². The van der Waals surface area contributed by atoms with Gasteiger partial charge in [-0.15, -0.1) is 0 Å². The standard InChI is InChI=1S/C24H22N2O5S/c1-26(2)19-12-11-18-13-22(31-21(18)14-19)24(28)25-32(29,30)23-6-4-3-5-20(23)17-9-7-16(15-27)8-10-17/h3-14,27H,15H2,1-2H3,(H,25,28). The Hall–Kier alpha value is -3.62. The number of anilines is 1. The van der Waals surface area contributed by atoms with Crippen molar-refractivity contribution in [1.29, 1.82) is 0 Å². The molecule has 0 saturated carbocycles. The van der Waals surface area contributed by atoms with Gasteiger partial charge in [-0.25, -0.2) is 13.1 Å². The molecule has 0 spiro atoms. The molecule has 7 nitrogen and oxygen atoms in total. The Labute approximate surface area is 186 Å². The second-order valence-corrected chi connectivity index (χ2v) is 9.16. The highest BCUT2D eigenvalue weighted by Gasteiger charge is 2.24. The molecule has 3 aromatic carbocycles. The molecule has 4 aromatic rings. The van der Waals surface area contributed by atoms with E-state index < -0.39 is 15.9 Å². The van der Waals surface area contributed by atoms with Crippen molar-refractivity contribution in [1.82, 2.24) is 4.72 Å². The molecule has 0 fully saturated rings. The zero-order chi connectivity index (χ0) is 22.9. The maximum atomic E-state index is 13.1. The van der Waals surface area contributed by atoms with Gasteiger partial charge in [-0.2, -0.15) is 0 Å². The van der Waals surface area contributed by atoms with Gasteiger partial charge in [0.15, 0.2) is 5.76 Å². The quantitative estimate of drug-likeness (QED) is 0.464. The molecule has 0 aliphatic rings. The summed E-state index contributed by atoms with van der Waals surface area (Å²) in [6.07, 6.45) is 0. The summed E-state index contributed by atoms with van der Waals surface area (Å²) in [7, 11) is -0.402. The third kappa shape index (κ3) is 4.23. The first kappa shape index (κ1) is 21.6. The Bertz CT molecular complexity index is 1390. The molecule has 164 valence electrons. The van der Waals surface area contributed by atoms with E-state index in [4.69, 9.17) is 4.42 Å². The monoisotopic (exact) mass is 450 g/mol. The number of furan rings is 1. The first-order chi connectivity index (χ1) is 15.3. The van der Waals surface area contributed by atoms with Crippen molar-refractivity contribution in [2.45, 2.75) is 11.5 Å². The summed E-state index contributed by atoms with van der Waals surface area (Å²) in [5.74, 6) is -0.942. The third-order valence-electron chi connectivity index (χ3n) is 5.09. The molecule has 1 heterocycles. The number of nitrogens with zero attached hydrogens (tertiary/aromatic N) is 1. The summed E-state index contributed by atoms with van der Waals surface area (Å²) in [6, 6.07) is 20.3. The fraction of sp³-hybridized carbons (Fsp3) is 0.125. The average molecular weight is 451 g/mol. The van der Waals surface area contributed by atoms with E-state index in [2.05, 4.69) is 4.72 Å². The molecular weight excluding hydrogens is 428 g/mol. The van der Waals surface area contributed by atoms with E-state index in [1.165, 1.54) is 12.1 Å². The lowest BCUT2D eigenvalue weighted by molar-refractivity contribution is 0.0956. The highest BCUT2D eigenvalue weighted by atomic mass is 32.2. The molecule has 4 rings (SSSR count). The Morgan fingerprint density at radius 2 is 1.72 bits per heavy atom. The number of hydrogen-bond donors (Lipinski definition) is 2. The highest BCUT2D eigenvalue weighted by molar-refractivity contribution is 7.90. The van der Waals surface area contributed by atoms with E-state index in [0.29, 0.717) is 27.7 Å². The summed E-state index contributed by atoms with van der Waals surface area (Å²) in [4.78, 5) is 14.6. The molecule has 8 heteroatoms. The molecular formula is C24H22N2O5S. The Balaban J connectivity index is 1.65. The molecule has 32 heavy (non-hydrogen) atoms. The fourth-order valence-electron chi connectivity index (χ4n) is 3.37. The van der Waals surface area contributed by atoms with Gasteiger partial charge >= 0.3 is 5.91 Å². The van der Waals surface area contributed by atoms with Gasteiger partial charge in [0.1, 0.15) is 5.58 Å².